The molecule has 7 heteroatoms. The van der Waals surface area contributed by atoms with Crippen molar-refractivity contribution in [1.82, 2.24) is 24.3 Å². The molecule has 0 saturated heterocycles. The molecule has 3 aromatic heterocycles. The van der Waals surface area contributed by atoms with Crippen molar-refractivity contribution in [1.29, 1.82) is 0 Å². The van der Waals surface area contributed by atoms with E-state index in [4.69, 9.17) is 23.2 Å². The van der Waals surface area contributed by atoms with E-state index in [0.717, 1.165) is 28.4 Å². The number of hydrogen-bond donors (Lipinski definition) is 0. The van der Waals surface area contributed by atoms with E-state index in [1.54, 1.807) is 16.9 Å². The van der Waals surface area contributed by atoms with Crippen molar-refractivity contribution in [3.63, 3.8) is 0 Å². The predicted octanol–water partition coefficient (Wildman–Crippen LogP) is 3.42. The van der Waals surface area contributed by atoms with Gasteiger partial charge in [0.25, 0.3) is 0 Å². The van der Waals surface area contributed by atoms with Crippen molar-refractivity contribution in [3.8, 4) is 5.69 Å². The standard InChI is InChI=1S/C13H13Cl2N5/c1-7(14)12-17-10-4-9(15)5-16-13(10)20(12)11-6-19(3)18-8(11)2/h4-7H,1-3H3. The number of nitrogens with zero attached hydrogens (tertiary/aromatic N) is 5. The molecule has 1 unspecified atom stereocenters. The first-order valence-corrected chi connectivity index (χ1v) is 6.97. The molecule has 20 heavy (non-hydrogen) atoms. The van der Waals surface area contributed by atoms with Crippen LogP contribution in [-0.2, 0) is 7.05 Å². The van der Waals surface area contributed by atoms with Gasteiger partial charge in [0.1, 0.15) is 11.3 Å². The number of fused-ring (bicyclic) bond motifs is 1. The maximum Gasteiger partial charge on any atom is 0.164 e. The lowest BCUT2D eigenvalue weighted by Gasteiger charge is -2.08. The molecule has 0 aliphatic rings. The Balaban J connectivity index is 2.37. The monoisotopic (exact) mass is 309 g/mol. The van der Waals surface area contributed by atoms with Crippen LogP contribution in [-0.4, -0.2) is 24.3 Å². The van der Waals surface area contributed by atoms with Gasteiger partial charge >= 0.3 is 0 Å². The Kier molecular flexibility index (Phi) is 3.18. The Labute approximate surface area is 126 Å². The van der Waals surface area contributed by atoms with Crippen molar-refractivity contribution in [2.24, 2.45) is 7.05 Å². The van der Waals surface area contributed by atoms with Gasteiger partial charge in [-0.15, -0.1) is 11.6 Å². The van der Waals surface area contributed by atoms with Crippen LogP contribution in [0.1, 0.15) is 23.8 Å². The molecule has 5 nitrogen and oxygen atoms in total. The van der Waals surface area contributed by atoms with Crippen molar-refractivity contribution in [2.45, 2.75) is 19.2 Å². The molecule has 0 saturated carbocycles. The molecular formula is C13H13Cl2N5. The number of alkyl halides is 1. The summed E-state index contributed by atoms with van der Waals surface area (Å²) in [5, 5.41) is 4.67. The number of aromatic nitrogens is 5. The second kappa shape index (κ2) is 4.75. The average molecular weight is 310 g/mol. The highest BCUT2D eigenvalue weighted by molar-refractivity contribution is 6.31. The highest BCUT2D eigenvalue weighted by atomic mass is 35.5. The first kappa shape index (κ1) is 13.4. The van der Waals surface area contributed by atoms with Gasteiger partial charge in [-0.3, -0.25) is 9.25 Å². The van der Waals surface area contributed by atoms with Gasteiger partial charge in [-0.05, 0) is 19.9 Å². The summed E-state index contributed by atoms with van der Waals surface area (Å²) in [4.78, 5) is 8.93. The lowest BCUT2D eigenvalue weighted by Crippen LogP contribution is -2.03. The summed E-state index contributed by atoms with van der Waals surface area (Å²) >= 11 is 12.2. The van der Waals surface area contributed by atoms with Gasteiger partial charge in [-0.1, -0.05) is 11.6 Å². The SMILES string of the molecule is Cc1nn(C)cc1-n1c(C(C)Cl)nc2cc(Cl)cnc21. The van der Waals surface area contributed by atoms with E-state index >= 15 is 0 Å². The van der Waals surface area contributed by atoms with E-state index in [2.05, 4.69) is 15.1 Å². The molecule has 0 bridgehead atoms. The molecule has 3 aromatic rings. The molecule has 0 spiro atoms. The second-order valence-electron chi connectivity index (χ2n) is 4.69. The summed E-state index contributed by atoms with van der Waals surface area (Å²) in [6, 6.07) is 1.79. The van der Waals surface area contributed by atoms with Crippen molar-refractivity contribution in [3.05, 3.63) is 35.0 Å². The third kappa shape index (κ3) is 2.07. The maximum atomic E-state index is 6.26. The lowest BCUT2D eigenvalue weighted by molar-refractivity contribution is 0.756. The number of rotatable bonds is 2. The average Bonchev–Trinajstić information content (AvgIpc) is 2.88. The van der Waals surface area contributed by atoms with Gasteiger partial charge in [-0.2, -0.15) is 5.10 Å². The van der Waals surface area contributed by atoms with E-state index in [-0.39, 0.29) is 5.38 Å². The van der Waals surface area contributed by atoms with Gasteiger partial charge in [0.05, 0.1) is 21.8 Å². The van der Waals surface area contributed by atoms with E-state index in [0.29, 0.717) is 5.02 Å². The summed E-state index contributed by atoms with van der Waals surface area (Å²) in [5.41, 5.74) is 3.27. The van der Waals surface area contributed by atoms with Crippen molar-refractivity contribution in [2.75, 3.05) is 0 Å². The largest absolute Gasteiger partial charge is 0.276 e. The number of imidazole rings is 1. The van der Waals surface area contributed by atoms with E-state index in [9.17, 15) is 0 Å². The molecule has 0 aliphatic heterocycles. The molecule has 104 valence electrons. The molecule has 3 heterocycles. The molecule has 0 aromatic carbocycles. The van der Waals surface area contributed by atoms with E-state index in [1.165, 1.54) is 0 Å². The van der Waals surface area contributed by atoms with E-state index < -0.39 is 0 Å². The fourth-order valence-corrected chi connectivity index (χ4v) is 2.57. The van der Waals surface area contributed by atoms with Gasteiger partial charge < -0.3 is 0 Å². The number of pyridine rings is 1. The van der Waals surface area contributed by atoms with Crippen LogP contribution in [0, 0.1) is 6.92 Å². The third-order valence-electron chi connectivity index (χ3n) is 3.07. The van der Waals surface area contributed by atoms with Crippen LogP contribution in [0.15, 0.2) is 18.5 Å². The van der Waals surface area contributed by atoms with Crippen LogP contribution in [0.4, 0.5) is 0 Å². The zero-order valence-corrected chi connectivity index (χ0v) is 12.8. The molecule has 0 radical (unpaired) electrons. The van der Waals surface area contributed by atoms with Crippen molar-refractivity contribution >= 4 is 34.4 Å². The number of hydrogen-bond acceptors (Lipinski definition) is 3. The molecule has 1 atom stereocenters. The Morgan fingerprint density at radius 1 is 1.35 bits per heavy atom. The molecule has 0 N–H and O–H groups in total. The van der Waals surface area contributed by atoms with Crippen molar-refractivity contribution < 1.29 is 0 Å². The molecule has 0 fully saturated rings. The summed E-state index contributed by atoms with van der Waals surface area (Å²) in [6.45, 7) is 3.83. The Bertz CT molecular complexity index is 788. The zero-order valence-electron chi connectivity index (χ0n) is 11.3. The fourth-order valence-electron chi connectivity index (χ4n) is 2.27. The van der Waals surface area contributed by atoms with Gasteiger partial charge in [0, 0.05) is 19.4 Å². The Hall–Kier alpha value is -1.59. The Morgan fingerprint density at radius 2 is 2.10 bits per heavy atom. The van der Waals surface area contributed by atoms with Crippen LogP contribution in [0.3, 0.4) is 0 Å². The third-order valence-corrected chi connectivity index (χ3v) is 3.48. The smallest absolute Gasteiger partial charge is 0.164 e. The van der Waals surface area contributed by atoms with Gasteiger partial charge in [0.15, 0.2) is 5.65 Å². The molecule has 0 amide bonds. The first-order chi connectivity index (χ1) is 9.47. The predicted molar refractivity (Wildman–Crippen MR) is 79.6 cm³/mol. The van der Waals surface area contributed by atoms with Crippen LogP contribution in [0.5, 0.6) is 0 Å². The highest BCUT2D eigenvalue weighted by Gasteiger charge is 2.20. The Morgan fingerprint density at radius 3 is 2.70 bits per heavy atom. The minimum atomic E-state index is -0.248. The molecule has 0 aliphatic carbocycles. The lowest BCUT2D eigenvalue weighted by atomic mass is 10.3. The zero-order chi connectivity index (χ0) is 14.4. The number of halogens is 2. The van der Waals surface area contributed by atoms with Crippen LogP contribution >= 0.6 is 23.2 Å². The quantitative estimate of drug-likeness (QED) is 0.682. The minimum absolute atomic E-state index is 0.248. The topological polar surface area (TPSA) is 48.5 Å². The van der Waals surface area contributed by atoms with Crippen LogP contribution in [0.2, 0.25) is 5.02 Å². The second-order valence-corrected chi connectivity index (χ2v) is 5.78. The number of aryl methyl sites for hydroxylation is 2. The maximum absolute atomic E-state index is 6.26. The fraction of sp³-hybridized carbons (Fsp3) is 0.308. The van der Waals surface area contributed by atoms with Gasteiger partial charge in [0.2, 0.25) is 0 Å². The van der Waals surface area contributed by atoms with E-state index in [1.807, 2.05) is 31.7 Å². The summed E-state index contributed by atoms with van der Waals surface area (Å²) in [7, 11) is 1.88. The first-order valence-electron chi connectivity index (χ1n) is 6.16. The van der Waals surface area contributed by atoms with Crippen LogP contribution < -0.4 is 0 Å². The molecule has 3 rings (SSSR count). The van der Waals surface area contributed by atoms with Gasteiger partial charge in [-0.25, -0.2) is 9.97 Å². The normalized spacial score (nSPS) is 13.1. The summed E-state index contributed by atoms with van der Waals surface area (Å²) in [6.07, 6.45) is 3.53. The highest BCUT2D eigenvalue weighted by Crippen LogP contribution is 2.29. The summed E-state index contributed by atoms with van der Waals surface area (Å²) in [5.74, 6) is 0.729. The summed E-state index contributed by atoms with van der Waals surface area (Å²) < 4.78 is 3.70. The molecular weight excluding hydrogens is 297 g/mol. The van der Waals surface area contributed by atoms with Crippen LogP contribution in [0.25, 0.3) is 16.9 Å². The minimum Gasteiger partial charge on any atom is -0.276 e.